The Morgan fingerprint density at radius 1 is 1.43 bits per heavy atom. The summed E-state index contributed by atoms with van der Waals surface area (Å²) in [4.78, 5) is 11.3. The van der Waals surface area contributed by atoms with E-state index in [-0.39, 0.29) is 0 Å². The Kier molecular flexibility index (Phi) is 3.16. The van der Waals surface area contributed by atoms with Crippen LogP contribution in [0.5, 0.6) is 11.5 Å². The molecule has 3 aromatic rings. The SMILES string of the molecule is Cc1cc(Oc2cnc3[nH]c(=S)n(C)c3c2C#N)ccn1. The average Bonchev–Trinajstić information content (AvgIpc) is 2.75. The molecule has 0 aromatic carbocycles. The molecule has 0 unspecified atom stereocenters. The quantitative estimate of drug-likeness (QED) is 0.735. The van der Waals surface area contributed by atoms with Crippen LogP contribution in [0.3, 0.4) is 0 Å². The normalized spacial score (nSPS) is 10.5. The van der Waals surface area contributed by atoms with Crippen molar-refractivity contribution in [1.29, 1.82) is 5.26 Å². The molecule has 0 aliphatic heterocycles. The van der Waals surface area contributed by atoms with Crippen LogP contribution in [-0.2, 0) is 7.05 Å². The molecule has 21 heavy (non-hydrogen) atoms. The first-order valence-electron chi connectivity index (χ1n) is 6.18. The third kappa shape index (κ3) is 2.26. The fraction of sp³-hybridized carbons (Fsp3) is 0.143. The monoisotopic (exact) mass is 297 g/mol. The Morgan fingerprint density at radius 2 is 2.24 bits per heavy atom. The molecule has 3 aromatic heterocycles. The lowest BCUT2D eigenvalue weighted by Gasteiger charge is -2.08. The largest absolute Gasteiger partial charge is 0.454 e. The van der Waals surface area contributed by atoms with Gasteiger partial charge in [0.15, 0.2) is 16.2 Å². The predicted molar refractivity (Wildman–Crippen MR) is 79.7 cm³/mol. The molecule has 0 fully saturated rings. The Bertz CT molecular complexity index is 935. The first kappa shape index (κ1) is 13.3. The van der Waals surface area contributed by atoms with Crippen LogP contribution in [0.1, 0.15) is 11.3 Å². The van der Waals surface area contributed by atoms with Crippen molar-refractivity contribution in [2.45, 2.75) is 6.92 Å². The third-order valence-electron chi connectivity index (χ3n) is 3.09. The van der Waals surface area contributed by atoms with E-state index < -0.39 is 0 Å². The number of fused-ring (bicyclic) bond motifs is 1. The van der Waals surface area contributed by atoms with Crippen LogP contribution in [0.15, 0.2) is 24.5 Å². The van der Waals surface area contributed by atoms with Crippen molar-refractivity contribution < 1.29 is 4.74 Å². The van der Waals surface area contributed by atoms with Gasteiger partial charge in [0.05, 0.1) is 6.20 Å². The highest BCUT2D eigenvalue weighted by molar-refractivity contribution is 7.71. The van der Waals surface area contributed by atoms with Gasteiger partial charge in [-0.1, -0.05) is 0 Å². The zero-order valence-electron chi connectivity index (χ0n) is 11.4. The molecule has 0 bridgehead atoms. The van der Waals surface area contributed by atoms with Crippen LogP contribution in [-0.4, -0.2) is 19.5 Å². The number of nitriles is 1. The van der Waals surface area contributed by atoms with E-state index in [0.29, 0.717) is 33.0 Å². The maximum atomic E-state index is 9.45. The number of imidazole rings is 1. The molecular weight excluding hydrogens is 286 g/mol. The average molecular weight is 297 g/mol. The van der Waals surface area contributed by atoms with Crippen molar-refractivity contribution in [2.75, 3.05) is 0 Å². The van der Waals surface area contributed by atoms with E-state index in [2.05, 4.69) is 21.0 Å². The summed E-state index contributed by atoms with van der Waals surface area (Å²) in [5, 5.41) is 9.45. The number of H-pyrrole nitrogens is 1. The van der Waals surface area contributed by atoms with E-state index in [4.69, 9.17) is 17.0 Å². The molecule has 0 spiro atoms. The van der Waals surface area contributed by atoms with Crippen molar-refractivity contribution >= 4 is 23.4 Å². The second-order valence-corrected chi connectivity index (χ2v) is 4.92. The first-order valence-corrected chi connectivity index (χ1v) is 6.59. The van der Waals surface area contributed by atoms with Gasteiger partial charge in [0.25, 0.3) is 0 Å². The van der Waals surface area contributed by atoms with E-state index >= 15 is 0 Å². The Hall–Kier alpha value is -2.72. The van der Waals surface area contributed by atoms with Crippen molar-refractivity contribution in [1.82, 2.24) is 19.5 Å². The summed E-state index contributed by atoms with van der Waals surface area (Å²) in [6.45, 7) is 1.87. The number of aromatic amines is 1. The number of nitrogens with one attached hydrogen (secondary N) is 1. The van der Waals surface area contributed by atoms with Gasteiger partial charge >= 0.3 is 0 Å². The highest BCUT2D eigenvalue weighted by Gasteiger charge is 2.15. The minimum atomic E-state index is 0.389. The molecule has 0 aliphatic carbocycles. The van der Waals surface area contributed by atoms with E-state index in [0.717, 1.165) is 5.69 Å². The van der Waals surface area contributed by atoms with E-state index in [1.807, 2.05) is 6.92 Å². The maximum absolute atomic E-state index is 9.45. The molecular formula is C14H11N5OS. The van der Waals surface area contributed by atoms with E-state index in [1.54, 1.807) is 29.9 Å². The smallest absolute Gasteiger partial charge is 0.179 e. The third-order valence-corrected chi connectivity index (χ3v) is 3.47. The van der Waals surface area contributed by atoms with Gasteiger partial charge in [-0.15, -0.1) is 0 Å². The summed E-state index contributed by atoms with van der Waals surface area (Å²) < 4.78 is 7.98. The van der Waals surface area contributed by atoms with E-state index in [9.17, 15) is 5.26 Å². The zero-order chi connectivity index (χ0) is 15.0. The van der Waals surface area contributed by atoms with Gasteiger partial charge in [-0.05, 0) is 25.2 Å². The van der Waals surface area contributed by atoms with Crippen LogP contribution < -0.4 is 4.74 Å². The minimum Gasteiger partial charge on any atom is -0.454 e. The van der Waals surface area contributed by atoms with Gasteiger partial charge in [0.1, 0.15) is 22.9 Å². The molecule has 7 heteroatoms. The Balaban J connectivity index is 2.17. The first-order chi connectivity index (χ1) is 10.1. The molecule has 3 rings (SSSR count). The van der Waals surface area contributed by atoms with Gasteiger partial charge < -0.3 is 14.3 Å². The van der Waals surface area contributed by atoms with Crippen molar-refractivity contribution in [3.8, 4) is 17.6 Å². The number of aromatic nitrogens is 4. The summed E-state index contributed by atoms with van der Waals surface area (Å²) in [6.07, 6.45) is 3.17. The number of ether oxygens (including phenoxy) is 1. The standard InChI is InChI=1S/C14H11N5OS/c1-8-5-9(3-4-16-8)20-11-7-17-13-12(10(11)6-15)19(2)14(21)18-13/h3-5,7H,1-2H3,(H,17,18,21). The fourth-order valence-electron chi connectivity index (χ4n) is 2.08. The van der Waals surface area contributed by atoms with Crippen LogP contribution >= 0.6 is 12.2 Å². The van der Waals surface area contributed by atoms with Crippen LogP contribution in [0.4, 0.5) is 0 Å². The second kappa shape index (κ2) is 5.00. The molecule has 104 valence electrons. The molecule has 0 amide bonds. The summed E-state index contributed by atoms with van der Waals surface area (Å²) in [7, 11) is 1.78. The highest BCUT2D eigenvalue weighted by atomic mass is 32.1. The van der Waals surface area contributed by atoms with Gasteiger partial charge in [0.2, 0.25) is 0 Å². The molecule has 1 N–H and O–H groups in total. The topological polar surface area (TPSA) is 79.5 Å². The number of hydrogen-bond donors (Lipinski definition) is 1. The molecule has 0 radical (unpaired) electrons. The summed E-state index contributed by atoms with van der Waals surface area (Å²) >= 11 is 5.16. The number of nitrogens with zero attached hydrogens (tertiary/aromatic N) is 4. The van der Waals surface area contributed by atoms with Gasteiger partial charge in [-0.3, -0.25) is 4.98 Å². The molecule has 0 saturated carbocycles. The summed E-state index contributed by atoms with van der Waals surface area (Å²) in [5.41, 5.74) is 2.42. The van der Waals surface area contributed by atoms with Crippen molar-refractivity contribution in [2.24, 2.45) is 7.05 Å². The predicted octanol–water partition coefficient (Wildman–Crippen LogP) is 3.00. The molecule has 0 atom stereocenters. The molecule has 0 saturated heterocycles. The Morgan fingerprint density at radius 3 is 2.95 bits per heavy atom. The molecule has 0 aliphatic rings. The Labute approximate surface area is 125 Å². The maximum Gasteiger partial charge on any atom is 0.179 e. The number of pyridine rings is 2. The number of rotatable bonds is 2. The van der Waals surface area contributed by atoms with Crippen LogP contribution in [0.25, 0.3) is 11.2 Å². The number of aryl methyl sites for hydroxylation is 2. The molecule has 6 nitrogen and oxygen atoms in total. The summed E-state index contributed by atoms with van der Waals surface area (Å²) in [5.74, 6) is 0.997. The minimum absolute atomic E-state index is 0.389. The number of hydrogen-bond acceptors (Lipinski definition) is 5. The van der Waals surface area contributed by atoms with Gasteiger partial charge in [0, 0.05) is 25.0 Å². The van der Waals surface area contributed by atoms with Crippen LogP contribution in [0, 0.1) is 23.0 Å². The van der Waals surface area contributed by atoms with Crippen molar-refractivity contribution in [3.63, 3.8) is 0 Å². The van der Waals surface area contributed by atoms with Gasteiger partial charge in [-0.25, -0.2) is 4.98 Å². The molecule has 3 heterocycles. The van der Waals surface area contributed by atoms with E-state index in [1.165, 1.54) is 6.20 Å². The highest BCUT2D eigenvalue weighted by Crippen LogP contribution is 2.29. The lowest BCUT2D eigenvalue weighted by Crippen LogP contribution is -1.96. The summed E-state index contributed by atoms with van der Waals surface area (Å²) in [6, 6.07) is 5.68. The fourth-order valence-corrected chi connectivity index (χ4v) is 2.27. The lowest BCUT2D eigenvalue weighted by molar-refractivity contribution is 0.478. The van der Waals surface area contributed by atoms with Crippen molar-refractivity contribution in [3.05, 3.63) is 40.6 Å². The zero-order valence-corrected chi connectivity index (χ0v) is 12.2. The second-order valence-electron chi connectivity index (χ2n) is 4.53. The lowest BCUT2D eigenvalue weighted by atomic mass is 10.2. The van der Waals surface area contributed by atoms with Crippen LogP contribution in [0.2, 0.25) is 0 Å². The van der Waals surface area contributed by atoms with Gasteiger partial charge in [-0.2, -0.15) is 5.26 Å².